The first-order chi connectivity index (χ1) is 2.50. The molecule has 32 valence electrons. The Kier molecular flexibility index (Phi) is 2.62. The van der Waals surface area contributed by atoms with Gasteiger partial charge in [-0.1, -0.05) is 5.21 Å². The van der Waals surface area contributed by atoms with Crippen molar-refractivity contribution in [2.24, 2.45) is 0 Å². The van der Waals surface area contributed by atoms with E-state index in [1.54, 1.807) is 0 Å². The van der Waals surface area contributed by atoms with Gasteiger partial charge in [-0.3, -0.25) is 0 Å². The van der Waals surface area contributed by atoms with Crippen LogP contribution < -0.4 is 0 Å². The molecule has 0 fully saturated rings. The standard InChI is InChI=1S/CH2N4.Se/c1-2-4-5-3-1;/h1H,(H,2,3,4,5);. The first kappa shape index (κ1) is 5.59. The first-order valence-corrected chi connectivity index (χ1v) is 1.16. The molecule has 1 rings (SSSR count). The van der Waals surface area contributed by atoms with Crippen LogP contribution in [-0.4, -0.2) is 37.7 Å². The Balaban J connectivity index is 0.000000250. The Bertz CT molecular complexity index is 64.0. The molecule has 0 spiro atoms. The molecule has 0 atom stereocenters. The number of aromatic nitrogens is 4. The Morgan fingerprint density at radius 2 is 2.33 bits per heavy atom. The average molecular weight is 149 g/mol. The maximum absolute atomic E-state index is 3.38. The van der Waals surface area contributed by atoms with Crippen molar-refractivity contribution < 1.29 is 0 Å². The molecule has 0 aliphatic heterocycles. The molecule has 5 heteroatoms. The summed E-state index contributed by atoms with van der Waals surface area (Å²) in [5.41, 5.74) is 0. The van der Waals surface area contributed by atoms with E-state index in [-0.39, 0.29) is 17.1 Å². The summed E-state index contributed by atoms with van der Waals surface area (Å²) in [6.07, 6.45) is 1.33. The topological polar surface area (TPSA) is 54.5 Å². The predicted molar refractivity (Wildman–Crippen MR) is 19.9 cm³/mol. The maximum atomic E-state index is 3.38. The second kappa shape index (κ2) is 2.81. The summed E-state index contributed by atoms with van der Waals surface area (Å²) in [7, 11) is 0. The van der Waals surface area contributed by atoms with E-state index in [4.69, 9.17) is 0 Å². The summed E-state index contributed by atoms with van der Waals surface area (Å²) in [5, 5.41) is 12.2. The molecule has 0 aliphatic carbocycles. The number of nitrogens with one attached hydrogen (secondary N) is 1. The van der Waals surface area contributed by atoms with Gasteiger partial charge >= 0.3 is 0 Å². The van der Waals surface area contributed by atoms with Crippen molar-refractivity contribution >= 4 is 17.1 Å². The van der Waals surface area contributed by atoms with E-state index in [0.29, 0.717) is 0 Å². The quantitative estimate of drug-likeness (QED) is 0.472. The van der Waals surface area contributed by atoms with Crippen molar-refractivity contribution in [2.45, 2.75) is 0 Å². The predicted octanol–water partition coefficient (Wildman–Crippen LogP) is -1.18. The van der Waals surface area contributed by atoms with E-state index in [2.05, 4.69) is 20.6 Å². The monoisotopic (exact) mass is 150 g/mol. The average Bonchev–Trinajstić information content (AvgIpc) is 1.76. The van der Waals surface area contributed by atoms with Crippen molar-refractivity contribution in [1.29, 1.82) is 0 Å². The molecule has 2 radical (unpaired) electrons. The molecule has 0 bridgehead atoms. The maximum Gasteiger partial charge on any atom is 0.161 e. The Hall–Kier alpha value is -0.411. The van der Waals surface area contributed by atoms with Gasteiger partial charge in [0.2, 0.25) is 0 Å². The molecular formula is CH2N4Se. The molecule has 0 saturated heterocycles. The van der Waals surface area contributed by atoms with Crippen LogP contribution in [-0.2, 0) is 0 Å². The molecule has 6 heavy (non-hydrogen) atoms. The molecule has 4 nitrogen and oxygen atoms in total. The minimum atomic E-state index is 0. The third-order valence-corrected chi connectivity index (χ3v) is 0.270. The van der Waals surface area contributed by atoms with E-state index >= 15 is 0 Å². The van der Waals surface area contributed by atoms with Gasteiger partial charge < -0.3 is 0 Å². The van der Waals surface area contributed by atoms with Crippen LogP contribution in [0.3, 0.4) is 0 Å². The molecular weight excluding hydrogens is 147 g/mol. The number of aromatic amines is 1. The zero-order chi connectivity index (χ0) is 3.54. The number of nitrogens with zero attached hydrogens (tertiary/aromatic N) is 3. The molecule has 1 aromatic heterocycles. The van der Waals surface area contributed by atoms with E-state index in [9.17, 15) is 0 Å². The Labute approximate surface area is 44.8 Å². The van der Waals surface area contributed by atoms with E-state index < -0.39 is 0 Å². The number of tetrazole rings is 1. The fourth-order valence-corrected chi connectivity index (χ4v) is 0.129. The molecule has 0 saturated carbocycles. The van der Waals surface area contributed by atoms with Crippen molar-refractivity contribution in [3.63, 3.8) is 0 Å². The zero-order valence-electron chi connectivity index (χ0n) is 2.83. The third kappa shape index (κ3) is 1.14. The van der Waals surface area contributed by atoms with Gasteiger partial charge in [0, 0.05) is 17.1 Å². The van der Waals surface area contributed by atoms with Crippen molar-refractivity contribution in [1.82, 2.24) is 20.6 Å². The molecule has 1 heterocycles. The molecule has 1 aromatic rings. The van der Waals surface area contributed by atoms with E-state index in [1.165, 1.54) is 6.33 Å². The molecule has 0 aliphatic rings. The minimum absolute atomic E-state index is 0. The summed E-state index contributed by atoms with van der Waals surface area (Å²) >= 11 is 0. The fourth-order valence-electron chi connectivity index (χ4n) is 0.129. The van der Waals surface area contributed by atoms with Crippen LogP contribution in [0.1, 0.15) is 0 Å². The van der Waals surface area contributed by atoms with Crippen molar-refractivity contribution in [3.8, 4) is 0 Å². The number of hydrogen-bond acceptors (Lipinski definition) is 3. The Morgan fingerprint density at radius 3 is 2.50 bits per heavy atom. The van der Waals surface area contributed by atoms with Crippen molar-refractivity contribution in [2.75, 3.05) is 0 Å². The summed E-state index contributed by atoms with van der Waals surface area (Å²) in [4.78, 5) is 0. The molecule has 0 amide bonds. The first-order valence-electron chi connectivity index (χ1n) is 1.16. The SMILES string of the molecule is [Se].c1nn[nH]n1. The fraction of sp³-hybridized carbons (Fsp3) is 0. The van der Waals surface area contributed by atoms with E-state index in [0.717, 1.165) is 0 Å². The second-order valence-corrected chi connectivity index (χ2v) is 0.560. The van der Waals surface area contributed by atoms with Crippen LogP contribution in [0, 0.1) is 0 Å². The second-order valence-electron chi connectivity index (χ2n) is 0.560. The third-order valence-electron chi connectivity index (χ3n) is 0.270. The normalized spacial score (nSPS) is 6.67. The number of rotatable bonds is 0. The molecule has 1 N–H and O–H groups in total. The van der Waals surface area contributed by atoms with Crippen LogP contribution in [0.4, 0.5) is 0 Å². The Morgan fingerprint density at radius 1 is 1.50 bits per heavy atom. The van der Waals surface area contributed by atoms with Crippen LogP contribution in [0.2, 0.25) is 0 Å². The summed E-state index contributed by atoms with van der Waals surface area (Å²) in [6, 6.07) is 0. The molecule has 0 unspecified atom stereocenters. The minimum Gasteiger partial charge on any atom is -0.177 e. The van der Waals surface area contributed by atoms with Crippen molar-refractivity contribution in [3.05, 3.63) is 6.33 Å². The van der Waals surface area contributed by atoms with Gasteiger partial charge in [-0.25, -0.2) is 0 Å². The summed E-state index contributed by atoms with van der Waals surface area (Å²) < 4.78 is 0. The van der Waals surface area contributed by atoms with Gasteiger partial charge in [0.25, 0.3) is 0 Å². The zero-order valence-corrected chi connectivity index (χ0v) is 4.54. The van der Waals surface area contributed by atoms with E-state index in [1.807, 2.05) is 0 Å². The van der Waals surface area contributed by atoms with Crippen LogP contribution in [0.15, 0.2) is 6.33 Å². The number of hydrogen-bond donors (Lipinski definition) is 1. The van der Waals surface area contributed by atoms with Gasteiger partial charge in [-0.2, -0.15) is 5.21 Å². The van der Waals surface area contributed by atoms with Gasteiger partial charge in [-0.15, -0.1) is 10.2 Å². The van der Waals surface area contributed by atoms with Gasteiger partial charge in [0.1, 0.15) is 0 Å². The van der Waals surface area contributed by atoms with Crippen LogP contribution in [0.5, 0.6) is 0 Å². The largest absolute Gasteiger partial charge is 0.177 e. The van der Waals surface area contributed by atoms with Crippen LogP contribution >= 0.6 is 0 Å². The van der Waals surface area contributed by atoms with Crippen LogP contribution in [0.25, 0.3) is 0 Å². The van der Waals surface area contributed by atoms with Gasteiger partial charge in [-0.05, 0) is 0 Å². The van der Waals surface area contributed by atoms with Gasteiger partial charge in [0.05, 0.1) is 0 Å². The van der Waals surface area contributed by atoms with Gasteiger partial charge in [0.15, 0.2) is 6.33 Å². The summed E-state index contributed by atoms with van der Waals surface area (Å²) in [5.74, 6) is 0. The molecule has 0 aromatic carbocycles. The number of H-pyrrole nitrogens is 1. The smallest absolute Gasteiger partial charge is 0.161 e. The summed E-state index contributed by atoms with van der Waals surface area (Å²) in [6.45, 7) is 0.